The number of esters is 1. The molecule has 0 amide bonds. The number of allylic oxidation sites excluding steroid dienone is 1. The number of carbonyl (C=O) groups excluding carboxylic acids is 1. The van der Waals surface area contributed by atoms with E-state index < -0.39 is 18.4 Å². The molecule has 5 nitrogen and oxygen atoms in total. The van der Waals surface area contributed by atoms with Gasteiger partial charge >= 0.3 is 11.9 Å². The molecule has 126 valence electrons. The summed E-state index contributed by atoms with van der Waals surface area (Å²) in [6.45, 7) is 9.14. The lowest BCUT2D eigenvalue weighted by molar-refractivity contribution is -0.142. The number of aliphatic carboxylic acids is 1. The fraction of sp³-hybridized carbons (Fsp3) is 0.529. The lowest BCUT2D eigenvalue weighted by atomic mass is 10.2. The van der Waals surface area contributed by atoms with E-state index in [1.54, 1.807) is 0 Å². The lowest BCUT2D eigenvalue weighted by Crippen LogP contribution is -2.10. The van der Waals surface area contributed by atoms with Crippen LogP contribution in [0, 0.1) is 0 Å². The van der Waals surface area contributed by atoms with Gasteiger partial charge in [-0.1, -0.05) is 51.2 Å². The molecule has 0 spiro atoms. The van der Waals surface area contributed by atoms with Gasteiger partial charge < -0.3 is 14.9 Å². The standard InChI is InChI=1S/C9H18O.C8H10O4/c1-2-3-4-5-6-7-8-9-10;1-3-4-12-8(11)6(2)5-7(9)10/h6-7,10H,2-5,8-9H2,1H3;3H,1-2,4-5H2,(H,9,10). The Morgan fingerprint density at radius 2 is 1.82 bits per heavy atom. The summed E-state index contributed by atoms with van der Waals surface area (Å²) in [7, 11) is 0. The predicted octanol–water partition coefficient (Wildman–Crippen LogP) is 3.25. The minimum atomic E-state index is -1.10. The van der Waals surface area contributed by atoms with Crippen LogP contribution in [0.4, 0.5) is 0 Å². The zero-order valence-electron chi connectivity index (χ0n) is 13.4. The van der Waals surface area contributed by atoms with Crippen molar-refractivity contribution < 1.29 is 24.5 Å². The maximum Gasteiger partial charge on any atom is 0.334 e. The van der Waals surface area contributed by atoms with Gasteiger partial charge in [0.1, 0.15) is 6.61 Å². The molecule has 0 rings (SSSR count). The number of unbranched alkanes of at least 4 members (excludes halogenated alkanes) is 3. The minimum absolute atomic E-state index is 0.0654. The molecule has 0 aromatic heterocycles. The quantitative estimate of drug-likeness (QED) is 0.265. The van der Waals surface area contributed by atoms with E-state index in [0.29, 0.717) is 0 Å². The van der Waals surface area contributed by atoms with Gasteiger partial charge in [0.15, 0.2) is 0 Å². The van der Waals surface area contributed by atoms with Crippen molar-refractivity contribution in [2.75, 3.05) is 13.2 Å². The van der Waals surface area contributed by atoms with Gasteiger partial charge in [-0.15, -0.1) is 0 Å². The second-order valence-electron chi connectivity index (χ2n) is 4.54. The maximum absolute atomic E-state index is 10.8. The first-order chi connectivity index (χ1) is 10.5. The number of hydrogen-bond acceptors (Lipinski definition) is 4. The zero-order chi connectivity index (χ0) is 17.2. The number of aliphatic hydroxyl groups is 1. The molecule has 0 heterocycles. The van der Waals surface area contributed by atoms with Crippen LogP contribution in [0.5, 0.6) is 0 Å². The highest BCUT2D eigenvalue weighted by Gasteiger charge is 2.10. The van der Waals surface area contributed by atoms with E-state index in [1.807, 2.05) is 0 Å². The first-order valence-electron chi connectivity index (χ1n) is 7.42. The summed E-state index contributed by atoms with van der Waals surface area (Å²) in [6, 6.07) is 0. The van der Waals surface area contributed by atoms with E-state index in [-0.39, 0.29) is 18.8 Å². The molecule has 0 aliphatic rings. The molecule has 2 N–H and O–H groups in total. The molecule has 0 bridgehead atoms. The normalized spacial score (nSPS) is 9.73. The second-order valence-corrected chi connectivity index (χ2v) is 4.54. The van der Waals surface area contributed by atoms with Gasteiger partial charge in [0, 0.05) is 12.2 Å². The van der Waals surface area contributed by atoms with Gasteiger partial charge in [0.2, 0.25) is 0 Å². The van der Waals surface area contributed by atoms with Gasteiger partial charge in [-0.3, -0.25) is 4.79 Å². The smallest absolute Gasteiger partial charge is 0.334 e. The van der Waals surface area contributed by atoms with Crippen LogP contribution in [0.3, 0.4) is 0 Å². The van der Waals surface area contributed by atoms with E-state index >= 15 is 0 Å². The molecule has 0 saturated carbocycles. The first kappa shape index (κ1) is 22.4. The maximum atomic E-state index is 10.8. The lowest BCUT2D eigenvalue weighted by Gasteiger charge is -2.01. The molecule has 0 aliphatic heterocycles. The topological polar surface area (TPSA) is 83.8 Å². The van der Waals surface area contributed by atoms with Crippen molar-refractivity contribution in [2.24, 2.45) is 0 Å². The largest absolute Gasteiger partial charge is 0.481 e. The second kappa shape index (κ2) is 17.2. The number of ether oxygens (including phenoxy) is 1. The van der Waals surface area contributed by atoms with E-state index in [2.05, 4.69) is 37.0 Å². The molecule has 0 radical (unpaired) electrons. The average molecular weight is 312 g/mol. The molecule has 0 aromatic carbocycles. The molecule has 0 unspecified atom stereocenters. The molecule has 5 heteroatoms. The van der Waals surface area contributed by atoms with Crippen LogP contribution >= 0.6 is 0 Å². The van der Waals surface area contributed by atoms with Gasteiger partial charge in [-0.25, -0.2) is 4.79 Å². The molecule has 0 aromatic rings. The summed E-state index contributed by atoms with van der Waals surface area (Å²) >= 11 is 0. The van der Waals surface area contributed by atoms with Gasteiger partial charge in [0.25, 0.3) is 0 Å². The molecule has 0 atom stereocenters. The molecule has 22 heavy (non-hydrogen) atoms. The van der Waals surface area contributed by atoms with Crippen LogP contribution < -0.4 is 0 Å². The highest BCUT2D eigenvalue weighted by molar-refractivity contribution is 5.92. The summed E-state index contributed by atoms with van der Waals surface area (Å²) in [4.78, 5) is 20.9. The van der Waals surface area contributed by atoms with Crippen molar-refractivity contribution >= 4 is 11.9 Å². The van der Waals surface area contributed by atoms with Gasteiger partial charge in [-0.05, 0) is 19.3 Å². The fourth-order valence-electron chi connectivity index (χ4n) is 1.31. The van der Waals surface area contributed by atoms with Crippen LogP contribution in [0.25, 0.3) is 0 Å². The van der Waals surface area contributed by atoms with E-state index in [1.165, 1.54) is 31.8 Å². The number of carbonyl (C=O) groups is 2. The molecule has 0 aliphatic carbocycles. The summed E-state index contributed by atoms with van der Waals surface area (Å²) in [5, 5.41) is 16.7. The van der Waals surface area contributed by atoms with Crippen molar-refractivity contribution in [1.82, 2.24) is 0 Å². The predicted molar refractivity (Wildman–Crippen MR) is 87.5 cm³/mol. The van der Waals surface area contributed by atoms with Crippen molar-refractivity contribution in [3.05, 3.63) is 37.0 Å². The summed E-state index contributed by atoms with van der Waals surface area (Å²) < 4.78 is 4.53. The van der Waals surface area contributed by atoms with Crippen LogP contribution in [0.15, 0.2) is 37.0 Å². The Hall–Kier alpha value is -1.88. The number of carboxylic acid groups (broad SMARTS) is 1. The van der Waals surface area contributed by atoms with E-state index in [4.69, 9.17) is 10.2 Å². The summed E-state index contributed by atoms with van der Waals surface area (Å²) in [5.41, 5.74) is -0.0654. The van der Waals surface area contributed by atoms with Gasteiger partial charge in [-0.2, -0.15) is 0 Å². The first-order valence-corrected chi connectivity index (χ1v) is 7.42. The third-order valence-electron chi connectivity index (χ3n) is 2.42. The zero-order valence-corrected chi connectivity index (χ0v) is 13.4. The molecular weight excluding hydrogens is 284 g/mol. The molecule has 0 saturated heterocycles. The van der Waals surface area contributed by atoms with E-state index in [0.717, 1.165) is 6.42 Å². The monoisotopic (exact) mass is 312 g/mol. The van der Waals surface area contributed by atoms with Crippen LogP contribution in [-0.2, 0) is 14.3 Å². The van der Waals surface area contributed by atoms with Crippen molar-refractivity contribution in [1.29, 1.82) is 0 Å². The van der Waals surface area contributed by atoms with Crippen molar-refractivity contribution in [2.45, 2.75) is 45.4 Å². The number of carboxylic acids is 1. The SMILES string of the molecule is C=CCOC(=O)C(=C)CC(=O)O.CCCCCC=CCCO. The Morgan fingerprint density at radius 1 is 1.18 bits per heavy atom. The van der Waals surface area contributed by atoms with Crippen LogP contribution in [0.1, 0.15) is 45.4 Å². The molecular formula is C17H28O5. The highest BCUT2D eigenvalue weighted by Crippen LogP contribution is 2.00. The molecule has 0 fully saturated rings. The van der Waals surface area contributed by atoms with E-state index in [9.17, 15) is 9.59 Å². The van der Waals surface area contributed by atoms with Crippen LogP contribution in [-0.4, -0.2) is 35.4 Å². The Morgan fingerprint density at radius 3 is 2.32 bits per heavy atom. The number of aliphatic hydroxyl groups excluding tert-OH is 1. The van der Waals surface area contributed by atoms with Crippen molar-refractivity contribution in [3.8, 4) is 0 Å². The Labute approximate surface area is 133 Å². The van der Waals surface area contributed by atoms with Crippen molar-refractivity contribution in [3.63, 3.8) is 0 Å². The summed E-state index contributed by atoms with van der Waals surface area (Å²) in [6.07, 6.45) is 11.1. The Balaban J connectivity index is 0. The average Bonchev–Trinajstić information content (AvgIpc) is 2.48. The summed E-state index contributed by atoms with van der Waals surface area (Å²) in [5.74, 6) is -1.80. The minimum Gasteiger partial charge on any atom is -0.481 e. The Kier molecular flexibility index (Phi) is 17.5. The Bertz CT molecular complexity index is 358. The third-order valence-corrected chi connectivity index (χ3v) is 2.42. The number of hydrogen-bond donors (Lipinski definition) is 2. The third kappa shape index (κ3) is 18.1. The highest BCUT2D eigenvalue weighted by atomic mass is 16.5. The fourth-order valence-corrected chi connectivity index (χ4v) is 1.31. The van der Waals surface area contributed by atoms with Gasteiger partial charge in [0.05, 0.1) is 6.42 Å². The van der Waals surface area contributed by atoms with Crippen LogP contribution in [0.2, 0.25) is 0 Å². The number of rotatable bonds is 11.